The van der Waals surface area contributed by atoms with Gasteiger partial charge in [0.25, 0.3) is 5.56 Å². The molecule has 0 aliphatic heterocycles. The second-order valence-corrected chi connectivity index (χ2v) is 9.44. The molecule has 1 aromatic carbocycles. The number of rotatable bonds is 5. The zero-order valence-electron chi connectivity index (χ0n) is 16.0. The molecule has 7 nitrogen and oxygen atoms in total. The van der Waals surface area contributed by atoms with Gasteiger partial charge in [-0.05, 0) is 43.9 Å². The van der Waals surface area contributed by atoms with Crippen molar-refractivity contribution in [1.82, 2.24) is 14.0 Å². The van der Waals surface area contributed by atoms with E-state index >= 15 is 0 Å². The number of fused-ring (bicyclic) bond motifs is 1. The van der Waals surface area contributed by atoms with Crippen LogP contribution in [0.5, 0.6) is 5.75 Å². The number of hydrogen-bond acceptors (Lipinski definition) is 5. The predicted molar refractivity (Wildman–Crippen MR) is 106 cm³/mol. The van der Waals surface area contributed by atoms with Gasteiger partial charge in [-0.15, -0.1) is 0 Å². The Bertz CT molecular complexity index is 1190. The first-order valence-corrected chi connectivity index (χ1v) is 11.1. The summed E-state index contributed by atoms with van der Waals surface area (Å²) in [7, 11) is -1.71. The second kappa shape index (κ2) is 7.09. The highest BCUT2D eigenvalue weighted by Gasteiger charge is 2.22. The van der Waals surface area contributed by atoms with Crippen molar-refractivity contribution in [3.8, 4) is 17.0 Å². The lowest BCUT2D eigenvalue weighted by Crippen LogP contribution is -2.19. The monoisotopic (exact) mass is 401 g/mol. The highest BCUT2D eigenvalue weighted by Crippen LogP contribution is 2.35. The SMILES string of the molecule is CCS(=O)(=O)c1ccc(OC2CCCC2)c(-c2cn(C)c(=O)c3cncn23)c1. The summed E-state index contributed by atoms with van der Waals surface area (Å²) in [6, 6.07) is 4.96. The molecule has 1 aliphatic rings. The Hall–Kier alpha value is -2.61. The van der Waals surface area contributed by atoms with E-state index in [4.69, 9.17) is 4.74 Å². The molecule has 0 saturated heterocycles. The van der Waals surface area contributed by atoms with Gasteiger partial charge in [-0.2, -0.15) is 0 Å². The number of benzene rings is 1. The van der Waals surface area contributed by atoms with Crippen LogP contribution in [-0.4, -0.2) is 34.2 Å². The molecule has 1 saturated carbocycles. The Labute approximate surface area is 163 Å². The molecule has 8 heteroatoms. The van der Waals surface area contributed by atoms with E-state index in [0.29, 0.717) is 22.5 Å². The molecule has 0 N–H and O–H groups in total. The van der Waals surface area contributed by atoms with E-state index < -0.39 is 9.84 Å². The minimum absolute atomic E-state index is 0.0169. The highest BCUT2D eigenvalue weighted by molar-refractivity contribution is 7.91. The van der Waals surface area contributed by atoms with Crippen molar-refractivity contribution in [2.75, 3.05) is 5.75 Å². The van der Waals surface area contributed by atoms with Crippen molar-refractivity contribution in [2.24, 2.45) is 7.05 Å². The van der Waals surface area contributed by atoms with Gasteiger partial charge in [0.05, 0.1) is 35.0 Å². The molecule has 0 atom stereocenters. The summed E-state index contributed by atoms with van der Waals surface area (Å²) in [5, 5.41) is 0. The molecular weight excluding hydrogens is 378 g/mol. The Kier molecular flexibility index (Phi) is 4.74. The molecule has 3 aromatic rings. The molecule has 4 rings (SSSR count). The number of sulfone groups is 1. The maximum absolute atomic E-state index is 12.5. The van der Waals surface area contributed by atoms with Crippen LogP contribution in [0.25, 0.3) is 16.8 Å². The van der Waals surface area contributed by atoms with Crippen LogP contribution >= 0.6 is 0 Å². The number of imidazole rings is 1. The molecule has 2 heterocycles. The summed E-state index contributed by atoms with van der Waals surface area (Å²) >= 11 is 0. The van der Waals surface area contributed by atoms with Crippen molar-refractivity contribution in [2.45, 2.75) is 43.6 Å². The van der Waals surface area contributed by atoms with Gasteiger partial charge in [0.2, 0.25) is 0 Å². The maximum Gasteiger partial charge on any atom is 0.276 e. The van der Waals surface area contributed by atoms with E-state index in [1.807, 2.05) is 0 Å². The van der Waals surface area contributed by atoms with Gasteiger partial charge in [0.15, 0.2) is 9.84 Å². The van der Waals surface area contributed by atoms with Crippen LogP contribution in [0.2, 0.25) is 0 Å². The molecule has 0 bridgehead atoms. The summed E-state index contributed by atoms with van der Waals surface area (Å²) in [5.74, 6) is 0.638. The van der Waals surface area contributed by atoms with Crippen LogP contribution in [-0.2, 0) is 16.9 Å². The maximum atomic E-state index is 12.5. The average molecular weight is 401 g/mol. The molecule has 0 radical (unpaired) electrons. The number of aromatic nitrogens is 3. The Morgan fingerprint density at radius 2 is 2.00 bits per heavy atom. The first-order valence-electron chi connectivity index (χ1n) is 9.46. The minimum atomic E-state index is -3.38. The minimum Gasteiger partial charge on any atom is -0.490 e. The molecule has 28 heavy (non-hydrogen) atoms. The van der Waals surface area contributed by atoms with Crippen LogP contribution in [0, 0.1) is 0 Å². The van der Waals surface area contributed by atoms with Crippen molar-refractivity contribution < 1.29 is 13.2 Å². The van der Waals surface area contributed by atoms with Gasteiger partial charge in [-0.1, -0.05) is 6.92 Å². The fraction of sp³-hybridized carbons (Fsp3) is 0.400. The lowest BCUT2D eigenvalue weighted by Gasteiger charge is -2.19. The third-order valence-corrected chi connectivity index (χ3v) is 7.05. The highest BCUT2D eigenvalue weighted by atomic mass is 32.2. The first kappa shape index (κ1) is 18.7. The largest absolute Gasteiger partial charge is 0.490 e. The number of aryl methyl sites for hydroxylation is 1. The van der Waals surface area contributed by atoms with E-state index in [0.717, 1.165) is 25.7 Å². The van der Waals surface area contributed by atoms with Gasteiger partial charge in [0, 0.05) is 18.8 Å². The van der Waals surface area contributed by atoms with Crippen molar-refractivity contribution in [3.05, 3.63) is 47.3 Å². The van der Waals surface area contributed by atoms with Gasteiger partial charge < -0.3 is 9.30 Å². The molecule has 0 spiro atoms. The lowest BCUT2D eigenvalue weighted by molar-refractivity contribution is 0.211. The van der Waals surface area contributed by atoms with Gasteiger partial charge in [-0.25, -0.2) is 13.4 Å². The van der Waals surface area contributed by atoms with Crippen LogP contribution in [0.4, 0.5) is 0 Å². The average Bonchev–Trinajstić information content (AvgIpc) is 3.37. The van der Waals surface area contributed by atoms with Gasteiger partial charge >= 0.3 is 0 Å². The van der Waals surface area contributed by atoms with E-state index in [2.05, 4.69) is 4.98 Å². The molecule has 1 aliphatic carbocycles. The normalized spacial score (nSPS) is 15.4. The second-order valence-electron chi connectivity index (χ2n) is 7.16. The summed E-state index contributed by atoms with van der Waals surface area (Å²) < 4.78 is 34.3. The van der Waals surface area contributed by atoms with Gasteiger partial charge in [0.1, 0.15) is 11.3 Å². The predicted octanol–water partition coefficient (Wildman–Crippen LogP) is 2.82. The molecule has 2 aromatic heterocycles. The van der Waals surface area contributed by atoms with Crippen LogP contribution in [0.15, 0.2) is 46.6 Å². The zero-order valence-corrected chi connectivity index (χ0v) is 16.8. The summed E-state index contributed by atoms with van der Waals surface area (Å²) in [6.07, 6.45) is 9.13. The van der Waals surface area contributed by atoms with Crippen molar-refractivity contribution in [1.29, 1.82) is 0 Å². The standard InChI is InChI=1S/C20H23N3O4S/c1-3-28(25,26)15-8-9-19(27-14-6-4-5-7-14)16(10-15)18-12-22(2)20(24)17-11-21-13-23(17)18/h8-14H,3-7H2,1-2H3. The summed E-state index contributed by atoms with van der Waals surface area (Å²) in [6.45, 7) is 1.62. The molecular formula is C20H23N3O4S. The van der Waals surface area contributed by atoms with Crippen LogP contribution in [0.1, 0.15) is 32.6 Å². The number of ether oxygens (including phenoxy) is 1. The van der Waals surface area contributed by atoms with Gasteiger partial charge in [-0.3, -0.25) is 9.20 Å². The van der Waals surface area contributed by atoms with E-state index in [1.165, 1.54) is 10.8 Å². The Morgan fingerprint density at radius 1 is 1.25 bits per heavy atom. The third-order valence-electron chi connectivity index (χ3n) is 5.32. The first-order chi connectivity index (χ1) is 13.4. The smallest absolute Gasteiger partial charge is 0.276 e. The molecule has 1 fully saturated rings. The van der Waals surface area contributed by atoms with Crippen molar-refractivity contribution >= 4 is 15.4 Å². The molecule has 0 unspecified atom stereocenters. The fourth-order valence-electron chi connectivity index (χ4n) is 3.69. The Morgan fingerprint density at radius 3 is 2.71 bits per heavy atom. The van der Waals surface area contributed by atoms with E-state index in [-0.39, 0.29) is 22.3 Å². The topological polar surface area (TPSA) is 82.7 Å². The molecule has 148 valence electrons. The quantitative estimate of drug-likeness (QED) is 0.657. The summed E-state index contributed by atoms with van der Waals surface area (Å²) in [4.78, 5) is 16.7. The lowest BCUT2D eigenvalue weighted by atomic mass is 10.1. The Balaban J connectivity index is 1.95. The third kappa shape index (κ3) is 3.22. The van der Waals surface area contributed by atoms with E-state index in [9.17, 15) is 13.2 Å². The molecule has 0 amide bonds. The van der Waals surface area contributed by atoms with Crippen LogP contribution in [0.3, 0.4) is 0 Å². The van der Waals surface area contributed by atoms with E-state index in [1.54, 1.807) is 49.1 Å². The fourth-order valence-corrected chi connectivity index (χ4v) is 4.59. The van der Waals surface area contributed by atoms with Crippen molar-refractivity contribution in [3.63, 3.8) is 0 Å². The summed E-state index contributed by atoms with van der Waals surface area (Å²) in [5.41, 5.74) is 1.56. The van der Waals surface area contributed by atoms with Crippen LogP contribution < -0.4 is 10.3 Å². The zero-order chi connectivity index (χ0) is 19.9. The number of hydrogen-bond donors (Lipinski definition) is 0. The number of nitrogens with zero attached hydrogens (tertiary/aromatic N) is 3.